The van der Waals surface area contributed by atoms with Gasteiger partial charge in [-0.3, -0.25) is 0 Å². The molecule has 2 aromatic carbocycles. The first-order chi connectivity index (χ1) is 15.1. The average Bonchev–Trinajstić information content (AvgIpc) is 3.27. The maximum Gasteiger partial charge on any atom is 0.322 e. The molecule has 0 saturated carbocycles. The van der Waals surface area contributed by atoms with Crippen molar-refractivity contribution in [3.8, 4) is 17.2 Å². The van der Waals surface area contributed by atoms with Crippen molar-refractivity contribution in [1.29, 1.82) is 0 Å². The van der Waals surface area contributed by atoms with Crippen molar-refractivity contribution < 1.29 is 23.8 Å². The molecule has 3 rings (SSSR count). The second kappa shape index (κ2) is 10.4. The molecule has 0 saturated heterocycles. The number of nitrogens with one attached hydrogen (secondary N) is 1. The summed E-state index contributed by atoms with van der Waals surface area (Å²) in [6.45, 7) is 4.48. The summed E-state index contributed by atoms with van der Waals surface area (Å²) in [5.41, 5.74) is 2.27. The monoisotopic (exact) mass is 425 g/mol. The quantitative estimate of drug-likeness (QED) is 0.616. The Morgan fingerprint density at radius 1 is 1.16 bits per heavy atom. The van der Waals surface area contributed by atoms with Gasteiger partial charge in [0.1, 0.15) is 5.75 Å². The molecule has 2 aromatic rings. The predicted octanol–water partition coefficient (Wildman–Crippen LogP) is 3.93. The van der Waals surface area contributed by atoms with Crippen molar-refractivity contribution >= 4 is 17.4 Å². The molecule has 1 heterocycles. The van der Waals surface area contributed by atoms with E-state index in [1.165, 1.54) is 0 Å². The number of urea groups is 1. The Morgan fingerprint density at radius 2 is 1.90 bits per heavy atom. The summed E-state index contributed by atoms with van der Waals surface area (Å²) in [7, 11) is 4.74. The normalized spacial score (nSPS) is 14.8. The fraction of sp³-hybridized carbons (Fsp3) is 0.304. The Labute approximate surface area is 182 Å². The van der Waals surface area contributed by atoms with Gasteiger partial charge in [0.2, 0.25) is 0 Å². The fourth-order valence-corrected chi connectivity index (χ4v) is 3.30. The standard InChI is InChI=1S/C23H27N3O5/c1-5-12-26(23(27)24-18-8-6-7-9-20(18)28-2)15-17-14-19(25-31-17)16-10-11-21(29-3)22(13-16)30-4/h5-11,13,17H,1,12,14-15H2,2-4H3,(H,24,27)/t17-/m0/s1. The molecule has 164 valence electrons. The van der Waals surface area contributed by atoms with Gasteiger partial charge in [0.05, 0.1) is 39.3 Å². The van der Waals surface area contributed by atoms with E-state index in [1.54, 1.807) is 44.4 Å². The molecule has 1 N–H and O–H groups in total. The van der Waals surface area contributed by atoms with E-state index in [1.807, 2.05) is 30.3 Å². The van der Waals surface area contributed by atoms with Crippen molar-refractivity contribution in [2.24, 2.45) is 5.16 Å². The number of para-hydroxylation sites is 2. The number of ether oxygens (including phenoxy) is 3. The molecule has 1 atom stereocenters. The molecular weight excluding hydrogens is 398 g/mol. The molecule has 0 unspecified atom stereocenters. The number of hydrogen-bond acceptors (Lipinski definition) is 6. The predicted molar refractivity (Wildman–Crippen MR) is 119 cm³/mol. The third kappa shape index (κ3) is 5.28. The van der Waals surface area contributed by atoms with Crippen LogP contribution in [0.1, 0.15) is 12.0 Å². The van der Waals surface area contributed by atoms with Crippen LogP contribution in [0.5, 0.6) is 17.2 Å². The highest BCUT2D eigenvalue weighted by Gasteiger charge is 2.27. The lowest BCUT2D eigenvalue weighted by molar-refractivity contribution is 0.0645. The minimum absolute atomic E-state index is 0.271. The highest BCUT2D eigenvalue weighted by molar-refractivity contribution is 6.01. The summed E-state index contributed by atoms with van der Waals surface area (Å²) in [6, 6.07) is 12.6. The van der Waals surface area contributed by atoms with E-state index in [0.29, 0.717) is 42.4 Å². The zero-order valence-corrected chi connectivity index (χ0v) is 18.0. The largest absolute Gasteiger partial charge is 0.495 e. The van der Waals surface area contributed by atoms with Gasteiger partial charge in [-0.15, -0.1) is 6.58 Å². The third-order valence-corrected chi connectivity index (χ3v) is 4.86. The molecule has 1 aliphatic rings. The summed E-state index contributed by atoms with van der Waals surface area (Å²) in [4.78, 5) is 20.1. The lowest BCUT2D eigenvalue weighted by Gasteiger charge is -2.24. The number of carbonyl (C=O) groups excluding carboxylic acids is 1. The molecule has 8 heteroatoms. The van der Waals surface area contributed by atoms with Gasteiger partial charge >= 0.3 is 6.03 Å². The summed E-state index contributed by atoms with van der Waals surface area (Å²) in [6.07, 6.45) is 1.96. The Bertz CT molecular complexity index is 960. The first-order valence-electron chi connectivity index (χ1n) is 9.84. The molecule has 0 spiro atoms. The molecule has 1 aliphatic heterocycles. The lowest BCUT2D eigenvalue weighted by atomic mass is 10.0. The van der Waals surface area contributed by atoms with E-state index < -0.39 is 0 Å². The molecular formula is C23H27N3O5. The van der Waals surface area contributed by atoms with Crippen LogP contribution in [0.2, 0.25) is 0 Å². The molecule has 0 fully saturated rings. The van der Waals surface area contributed by atoms with E-state index >= 15 is 0 Å². The summed E-state index contributed by atoms with van der Waals surface area (Å²) >= 11 is 0. The Morgan fingerprint density at radius 3 is 2.61 bits per heavy atom. The number of benzene rings is 2. The van der Waals surface area contributed by atoms with Gasteiger partial charge in [0.25, 0.3) is 0 Å². The summed E-state index contributed by atoms with van der Waals surface area (Å²) < 4.78 is 15.9. The van der Waals surface area contributed by atoms with Crippen molar-refractivity contribution in [2.75, 3.05) is 39.7 Å². The first kappa shape index (κ1) is 22.0. The van der Waals surface area contributed by atoms with Gasteiger partial charge in [-0.1, -0.05) is 23.4 Å². The number of amides is 2. The minimum atomic E-state index is -0.272. The van der Waals surface area contributed by atoms with E-state index in [0.717, 1.165) is 11.3 Å². The number of hydrogen-bond donors (Lipinski definition) is 1. The maximum absolute atomic E-state index is 12.9. The highest BCUT2D eigenvalue weighted by Crippen LogP contribution is 2.30. The van der Waals surface area contributed by atoms with Crippen LogP contribution >= 0.6 is 0 Å². The van der Waals surface area contributed by atoms with Crippen LogP contribution in [0.3, 0.4) is 0 Å². The fourth-order valence-electron chi connectivity index (χ4n) is 3.30. The molecule has 0 aliphatic carbocycles. The summed E-state index contributed by atoms with van der Waals surface area (Å²) in [5.74, 6) is 1.86. The molecule has 8 nitrogen and oxygen atoms in total. The third-order valence-electron chi connectivity index (χ3n) is 4.86. The smallest absolute Gasteiger partial charge is 0.322 e. The van der Waals surface area contributed by atoms with Gasteiger partial charge < -0.3 is 29.3 Å². The molecule has 0 bridgehead atoms. The van der Waals surface area contributed by atoms with Crippen LogP contribution in [0.25, 0.3) is 0 Å². The Kier molecular flexibility index (Phi) is 7.37. The zero-order chi connectivity index (χ0) is 22.2. The molecule has 2 amide bonds. The van der Waals surface area contributed by atoms with Crippen LogP contribution in [0.4, 0.5) is 10.5 Å². The zero-order valence-electron chi connectivity index (χ0n) is 18.0. The molecule has 31 heavy (non-hydrogen) atoms. The lowest BCUT2D eigenvalue weighted by Crippen LogP contribution is -2.40. The number of anilines is 1. The topological polar surface area (TPSA) is 81.6 Å². The van der Waals surface area contributed by atoms with Gasteiger partial charge in [0, 0.05) is 18.5 Å². The second-order valence-corrected chi connectivity index (χ2v) is 6.86. The molecule has 0 radical (unpaired) electrons. The number of nitrogens with zero attached hydrogens (tertiary/aromatic N) is 2. The van der Waals surface area contributed by atoms with E-state index in [4.69, 9.17) is 19.0 Å². The first-order valence-corrected chi connectivity index (χ1v) is 9.84. The SMILES string of the molecule is C=CCN(C[C@@H]1CC(c2ccc(OC)c(OC)c2)=NO1)C(=O)Nc1ccccc1OC. The summed E-state index contributed by atoms with van der Waals surface area (Å²) in [5, 5.41) is 7.10. The van der Waals surface area contributed by atoms with Crippen LogP contribution < -0.4 is 19.5 Å². The van der Waals surface area contributed by atoms with Gasteiger partial charge in [0.15, 0.2) is 17.6 Å². The molecule has 0 aromatic heterocycles. The van der Waals surface area contributed by atoms with E-state index in [9.17, 15) is 4.79 Å². The van der Waals surface area contributed by atoms with Gasteiger partial charge in [-0.05, 0) is 30.3 Å². The van der Waals surface area contributed by atoms with Crippen LogP contribution in [0.15, 0.2) is 60.3 Å². The highest BCUT2D eigenvalue weighted by atomic mass is 16.6. The van der Waals surface area contributed by atoms with Gasteiger partial charge in [-0.2, -0.15) is 0 Å². The number of oxime groups is 1. The van der Waals surface area contributed by atoms with Crippen LogP contribution in [-0.2, 0) is 4.84 Å². The van der Waals surface area contributed by atoms with E-state index in [-0.39, 0.29) is 12.1 Å². The van der Waals surface area contributed by atoms with Crippen molar-refractivity contribution in [3.63, 3.8) is 0 Å². The van der Waals surface area contributed by atoms with Crippen molar-refractivity contribution in [1.82, 2.24) is 4.90 Å². The van der Waals surface area contributed by atoms with Crippen molar-refractivity contribution in [2.45, 2.75) is 12.5 Å². The average molecular weight is 425 g/mol. The Balaban J connectivity index is 1.65. The number of carbonyl (C=O) groups is 1. The van der Waals surface area contributed by atoms with Crippen LogP contribution in [0, 0.1) is 0 Å². The number of methoxy groups -OCH3 is 3. The van der Waals surface area contributed by atoms with Crippen LogP contribution in [-0.4, -0.2) is 57.2 Å². The van der Waals surface area contributed by atoms with E-state index in [2.05, 4.69) is 17.1 Å². The van der Waals surface area contributed by atoms with Crippen molar-refractivity contribution in [3.05, 3.63) is 60.7 Å². The second-order valence-electron chi connectivity index (χ2n) is 6.86. The number of rotatable bonds is 9. The van der Waals surface area contributed by atoms with Gasteiger partial charge in [-0.25, -0.2) is 4.79 Å². The maximum atomic E-state index is 12.9. The Hall–Kier alpha value is -3.68. The minimum Gasteiger partial charge on any atom is -0.495 e.